The molecule has 1 atom stereocenters. The summed E-state index contributed by atoms with van der Waals surface area (Å²) >= 11 is 0. The van der Waals surface area contributed by atoms with Crippen LogP contribution < -0.4 is 11.1 Å². The third kappa shape index (κ3) is 2.75. The van der Waals surface area contributed by atoms with Crippen LogP contribution in [0, 0.1) is 12.8 Å². The van der Waals surface area contributed by atoms with Crippen LogP contribution in [-0.2, 0) is 0 Å². The van der Waals surface area contributed by atoms with E-state index in [1.54, 1.807) is 0 Å². The van der Waals surface area contributed by atoms with E-state index in [1.807, 2.05) is 19.1 Å². The summed E-state index contributed by atoms with van der Waals surface area (Å²) in [5, 5.41) is 3.38. The zero-order valence-electron chi connectivity index (χ0n) is 9.74. The average Bonchev–Trinajstić information content (AvgIpc) is 2.32. The molecule has 1 aliphatic rings. The Bertz CT molecular complexity index is 385. The number of allylic oxidation sites excluding steroid dienone is 2. The van der Waals surface area contributed by atoms with E-state index in [-0.39, 0.29) is 0 Å². The van der Waals surface area contributed by atoms with Crippen molar-refractivity contribution in [1.29, 1.82) is 0 Å². The molecule has 0 bridgehead atoms. The first kappa shape index (κ1) is 11.0. The molecule has 0 aromatic carbocycles. The molecule has 1 aliphatic carbocycles. The summed E-state index contributed by atoms with van der Waals surface area (Å²) in [5.41, 5.74) is 7.38. The Kier molecular flexibility index (Phi) is 3.44. The Balaban J connectivity index is 1.89. The number of anilines is 2. The Morgan fingerprint density at radius 2 is 2.31 bits per heavy atom. The summed E-state index contributed by atoms with van der Waals surface area (Å²) in [6, 6.07) is 3.85. The van der Waals surface area contributed by atoms with Gasteiger partial charge in [-0.25, -0.2) is 4.98 Å². The van der Waals surface area contributed by atoms with Gasteiger partial charge in [-0.3, -0.25) is 0 Å². The van der Waals surface area contributed by atoms with Gasteiger partial charge in [-0.05, 0) is 44.2 Å². The van der Waals surface area contributed by atoms with Crippen molar-refractivity contribution in [2.75, 3.05) is 17.6 Å². The molecule has 0 saturated carbocycles. The van der Waals surface area contributed by atoms with Crippen molar-refractivity contribution >= 4 is 11.5 Å². The van der Waals surface area contributed by atoms with Gasteiger partial charge in [-0.2, -0.15) is 0 Å². The molecule has 3 nitrogen and oxygen atoms in total. The summed E-state index contributed by atoms with van der Waals surface area (Å²) in [4.78, 5) is 4.40. The Labute approximate surface area is 96.8 Å². The maximum Gasteiger partial charge on any atom is 0.126 e. The highest BCUT2D eigenvalue weighted by Gasteiger charge is 2.09. The number of nitrogens with two attached hydrogens (primary N) is 1. The van der Waals surface area contributed by atoms with E-state index in [9.17, 15) is 0 Å². The highest BCUT2D eigenvalue weighted by Crippen LogP contribution is 2.19. The minimum Gasteiger partial charge on any atom is -0.397 e. The molecule has 1 heterocycles. The lowest BCUT2D eigenvalue weighted by atomic mass is 9.94. The fourth-order valence-electron chi connectivity index (χ4n) is 1.96. The van der Waals surface area contributed by atoms with Crippen LogP contribution in [0.25, 0.3) is 0 Å². The lowest BCUT2D eigenvalue weighted by Crippen LogP contribution is -2.16. The van der Waals surface area contributed by atoms with Gasteiger partial charge >= 0.3 is 0 Å². The summed E-state index contributed by atoms with van der Waals surface area (Å²) in [6.07, 6.45) is 8.21. The molecule has 2 rings (SSSR count). The Morgan fingerprint density at radius 1 is 1.44 bits per heavy atom. The average molecular weight is 217 g/mol. The number of nitrogens with zero attached hydrogens (tertiary/aromatic N) is 1. The van der Waals surface area contributed by atoms with Crippen LogP contribution in [0.15, 0.2) is 24.3 Å². The number of hydrogen-bond donors (Lipinski definition) is 2. The van der Waals surface area contributed by atoms with Crippen LogP contribution in [0.1, 0.15) is 25.0 Å². The van der Waals surface area contributed by atoms with E-state index < -0.39 is 0 Å². The van der Waals surface area contributed by atoms with Gasteiger partial charge in [0, 0.05) is 6.54 Å². The summed E-state index contributed by atoms with van der Waals surface area (Å²) < 4.78 is 0. The standard InChI is InChI=1S/C13H19N3/c1-10-12(14)7-8-13(16-10)15-9-11-5-3-2-4-6-11/h2-3,7-8,11H,4-6,9,14H2,1H3,(H,15,16). The van der Waals surface area contributed by atoms with Crippen LogP contribution in [0.2, 0.25) is 0 Å². The summed E-state index contributed by atoms with van der Waals surface area (Å²) in [6.45, 7) is 2.94. The molecule has 1 unspecified atom stereocenters. The highest BCUT2D eigenvalue weighted by atomic mass is 15.0. The molecule has 86 valence electrons. The van der Waals surface area contributed by atoms with Gasteiger partial charge in [0.15, 0.2) is 0 Å². The van der Waals surface area contributed by atoms with E-state index in [0.717, 1.165) is 29.7 Å². The molecule has 0 aliphatic heterocycles. The smallest absolute Gasteiger partial charge is 0.126 e. The molecule has 3 heteroatoms. The zero-order chi connectivity index (χ0) is 11.4. The molecular weight excluding hydrogens is 198 g/mol. The van der Waals surface area contributed by atoms with E-state index in [4.69, 9.17) is 5.73 Å². The van der Waals surface area contributed by atoms with Gasteiger partial charge in [-0.15, -0.1) is 0 Å². The van der Waals surface area contributed by atoms with Crippen molar-refractivity contribution in [3.8, 4) is 0 Å². The molecule has 0 spiro atoms. The van der Waals surface area contributed by atoms with Gasteiger partial charge in [-0.1, -0.05) is 12.2 Å². The lowest BCUT2D eigenvalue weighted by Gasteiger charge is -2.18. The highest BCUT2D eigenvalue weighted by molar-refractivity contribution is 5.49. The predicted octanol–water partition coefficient (Wildman–Crippen LogP) is 2.74. The quantitative estimate of drug-likeness (QED) is 0.765. The molecule has 0 fully saturated rings. The topological polar surface area (TPSA) is 50.9 Å². The predicted molar refractivity (Wildman–Crippen MR) is 68.4 cm³/mol. The van der Waals surface area contributed by atoms with E-state index in [1.165, 1.54) is 19.3 Å². The van der Waals surface area contributed by atoms with Gasteiger partial charge < -0.3 is 11.1 Å². The van der Waals surface area contributed by atoms with Gasteiger partial charge in [0.1, 0.15) is 5.82 Å². The second-order valence-electron chi connectivity index (χ2n) is 4.40. The first-order chi connectivity index (χ1) is 7.75. The molecular formula is C13H19N3. The molecule has 1 aromatic rings. The number of hydrogen-bond acceptors (Lipinski definition) is 3. The fourth-order valence-corrected chi connectivity index (χ4v) is 1.96. The maximum absolute atomic E-state index is 5.73. The number of rotatable bonds is 3. The minimum absolute atomic E-state index is 0.740. The monoisotopic (exact) mass is 217 g/mol. The van der Waals surface area contributed by atoms with E-state index in [0.29, 0.717) is 0 Å². The van der Waals surface area contributed by atoms with E-state index >= 15 is 0 Å². The minimum atomic E-state index is 0.740. The number of pyridine rings is 1. The third-order valence-corrected chi connectivity index (χ3v) is 3.08. The second-order valence-corrected chi connectivity index (χ2v) is 4.40. The van der Waals surface area contributed by atoms with Crippen LogP contribution in [0.3, 0.4) is 0 Å². The van der Waals surface area contributed by atoms with Crippen molar-refractivity contribution in [3.63, 3.8) is 0 Å². The molecule has 0 radical (unpaired) electrons. The third-order valence-electron chi connectivity index (χ3n) is 3.08. The number of nitrogens with one attached hydrogen (secondary N) is 1. The Morgan fingerprint density at radius 3 is 3.00 bits per heavy atom. The molecule has 16 heavy (non-hydrogen) atoms. The van der Waals surface area contributed by atoms with Crippen LogP contribution in [0.4, 0.5) is 11.5 Å². The van der Waals surface area contributed by atoms with Crippen molar-refractivity contribution in [1.82, 2.24) is 4.98 Å². The van der Waals surface area contributed by atoms with Crippen molar-refractivity contribution in [2.45, 2.75) is 26.2 Å². The van der Waals surface area contributed by atoms with Crippen molar-refractivity contribution in [3.05, 3.63) is 30.0 Å². The second kappa shape index (κ2) is 5.01. The lowest BCUT2D eigenvalue weighted by molar-refractivity contribution is 0.503. The van der Waals surface area contributed by atoms with E-state index in [2.05, 4.69) is 22.5 Å². The summed E-state index contributed by atoms with van der Waals surface area (Å²) in [7, 11) is 0. The molecule has 0 amide bonds. The molecule has 1 aromatic heterocycles. The van der Waals surface area contributed by atoms with Gasteiger partial charge in [0.05, 0.1) is 11.4 Å². The molecule has 0 saturated heterocycles. The van der Waals surface area contributed by atoms with Crippen molar-refractivity contribution in [2.24, 2.45) is 5.92 Å². The number of aromatic nitrogens is 1. The van der Waals surface area contributed by atoms with Gasteiger partial charge in [0.25, 0.3) is 0 Å². The maximum atomic E-state index is 5.73. The fraction of sp³-hybridized carbons (Fsp3) is 0.462. The van der Waals surface area contributed by atoms with Crippen LogP contribution >= 0.6 is 0 Å². The largest absolute Gasteiger partial charge is 0.397 e. The zero-order valence-corrected chi connectivity index (χ0v) is 9.74. The normalized spacial score (nSPS) is 19.7. The molecule has 3 N–H and O–H groups in total. The SMILES string of the molecule is Cc1nc(NCC2CC=CCC2)ccc1N. The summed E-state index contributed by atoms with van der Waals surface area (Å²) in [5.74, 6) is 1.67. The first-order valence-corrected chi connectivity index (χ1v) is 5.87. The van der Waals surface area contributed by atoms with Gasteiger partial charge in [0.2, 0.25) is 0 Å². The van der Waals surface area contributed by atoms with Crippen LogP contribution in [0.5, 0.6) is 0 Å². The number of nitrogen functional groups attached to an aromatic ring is 1. The Hall–Kier alpha value is -1.51. The van der Waals surface area contributed by atoms with Crippen molar-refractivity contribution < 1.29 is 0 Å². The first-order valence-electron chi connectivity index (χ1n) is 5.87. The van der Waals surface area contributed by atoms with Crippen LogP contribution in [-0.4, -0.2) is 11.5 Å². The number of aryl methyl sites for hydroxylation is 1.